The van der Waals surface area contributed by atoms with Crippen molar-refractivity contribution in [2.45, 2.75) is 45.4 Å². The van der Waals surface area contributed by atoms with Crippen molar-refractivity contribution in [1.82, 2.24) is 14.8 Å². The molecule has 3 aliphatic rings. The molecule has 5 atom stereocenters. The highest BCUT2D eigenvalue weighted by Gasteiger charge is 2.57. The van der Waals surface area contributed by atoms with Gasteiger partial charge in [-0.2, -0.15) is 0 Å². The van der Waals surface area contributed by atoms with Gasteiger partial charge in [-0.1, -0.05) is 13.8 Å². The number of halogens is 3. The van der Waals surface area contributed by atoms with E-state index in [1.54, 1.807) is 4.90 Å². The van der Waals surface area contributed by atoms with Crippen LogP contribution in [0.2, 0.25) is 0 Å². The van der Waals surface area contributed by atoms with Gasteiger partial charge in [0, 0.05) is 37.0 Å². The van der Waals surface area contributed by atoms with Gasteiger partial charge in [0.15, 0.2) is 23.1 Å². The van der Waals surface area contributed by atoms with Crippen molar-refractivity contribution in [2.24, 2.45) is 17.8 Å². The fourth-order valence-corrected chi connectivity index (χ4v) is 5.77. The van der Waals surface area contributed by atoms with Crippen LogP contribution in [0.15, 0.2) is 23.1 Å². The fourth-order valence-electron chi connectivity index (χ4n) is 5.77. The zero-order valence-electron chi connectivity index (χ0n) is 17.9. The quantitative estimate of drug-likeness (QED) is 0.687. The largest absolute Gasteiger partial charge is 0.503 e. The van der Waals surface area contributed by atoms with Gasteiger partial charge in [0.1, 0.15) is 11.4 Å². The number of aromatic nitrogens is 1. The molecule has 1 aliphatic carbocycles. The molecular weight excluding hydrogens is 439 g/mol. The molecule has 4 unspecified atom stereocenters. The van der Waals surface area contributed by atoms with Crippen LogP contribution in [0.25, 0.3) is 0 Å². The van der Waals surface area contributed by atoms with E-state index in [9.17, 15) is 32.7 Å². The minimum absolute atomic E-state index is 0.0553. The maximum atomic E-state index is 13.8. The van der Waals surface area contributed by atoms with Gasteiger partial charge in [-0.3, -0.25) is 14.4 Å². The molecule has 3 heterocycles. The van der Waals surface area contributed by atoms with E-state index in [1.807, 2.05) is 0 Å². The van der Waals surface area contributed by atoms with Crippen LogP contribution in [0, 0.1) is 35.2 Å². The summed E-state index contributed by atoms with van der Waals surface area (Å²) in [5.74, 6) is -4.82. The van der Waals surface area contributed by atoms with E-state index in [0.29, 0.717) is 30.5 Å². The molecule has 2 fully saturated rings. The van der Waals surface area contributed by atoms with E-state index < -0.39 is 52.6 Å². The van der Waals surface area contributed by atoms with Crippen molar-refractivity contribution in [3.63, 3.8) is 0 Å². The molecular formula is C23H22F3N3O4. The summed E-state index contributed by atoms with van der Waals surface area (Å²) in [5.41, 5.74) is -1.90. The SMILES string of the molecule is CC1C2CC([C@H]1C)N1C(=O)c3c(O)c(=O)c(C(=O)NCc4cc(F)c(F)cc4F)cn3CC21. The molecule has 2 bridgehead atoms. The summed E-state index contributed by atoms with van der Waals surface area (Å²) in [6.07, 6.45) is 2.09. The fraction of sp³-hybridized carbons (Fsp3) is 0.435. The average Bonchev–Trinajstić information content (AvgIpc) is 3.28. The van der Waals surface area contributed by atoms with Crippen molar-refractivity contribution in [1.29, 1.82) is 0 Å². The molecule has 10 heteroatoms. The standard InChI is InChI=1S/C23H22F3N3O4/c1-9-10(2)17-4-12(9)18-8-28-7-13(20(30)21(31)19(28)23(33)29(17)18)22(32)27-6-11-3-15(25)16(26)5-14(11)24/h3,5,7,9-10,12,17-18,31H,4,6,8H2,1-2H3,(H,27,32)/t9?,10-,12?,17?,18?/m0/s1. The van der Waals surface area contributed by atoms with Crippen LogP contribution >= 0.6 is 0 Å². The first-order chi connectivity index (χ1) is 15.6. The molecule has 174 valence electrons. The molecule has 1 aromatic carbocycles. The van der Waals surface area contributed by atoms with Gasteiger partial charge in [-0.15, -0.1) is 0 Å². The molecule has 1 saturated heterocycles. The first-order valence-corrected chi connectivity index (χ1v) is 10.8. The smallest absolute Gasteiger partial charge is 0.275 e. The Kier molecular flexibility index (Phi) is 4.80. The third-order valence-electron chi connectivity index (χ3n) is 7.68. The number of aromatic hydroxyl groups is 1. The van der Waals surface area contributed by atoms with E-state index >= 15 is 0 Å². The predicted molar refractivity (Wildman–Crippen MR) is 110 cm³/mol. The van der Waals surface area contributed by atoms with Gasteiger partial charge in [0.25, 0.3) is 11.8 Å². The minimum atomic E-state index is -1.36. The minimum Gasteiger partial charge on any atom is -0.503 e. The lowest BCUT2D eigenvalue weighted by molar-refractivity contribution is 0.0279. The lowest BCUT2D eigenvalue weighted by Crippen LogP contribution is -2.56. The van der Waals surface area contributed by atoms with Crippen LogP contribution in [0.3, 0.4) is 0 Å². The van der Waals surface area contributed by atoms with Crippen LogP contribution in [0.1, 0.15) is 46.7 Å². The van der Waals surface area contributed by atoms with Crippen molar-refractivity contribution in [3.8, 4) is 5.75 Å². The lowest BCUT2D eigenvalue weighted by Gasteiger charge is -2.45. The molecule has 2 aromatic rings. The molecule has 1 saturated carbocycles. The number of hydrogen-bond acceptors (Lipinski definition) is 4. The summed E-state index contributed by atoms with van der Waals surface area (Å²) in [6, 6.07) is 0.951. The topological polar surface area (TPSA) is 91.6 Å². The number of nitrogens with zero attached hydrogens (tertiary/aromatic N) is 2. The van der Waals surface area contributed by atoms with Crippen LogP contribution in [-0.4, -0.2) is 38.5 Å². The molecule has 0 radical (unpaired) electrons. The van der Waals surface area contributed by atoms with Crippen molar-refractivity contribution in [3.05, 3.63) is 62.8 Å². The number of rotatable bonds is 3. The molecule has 1 aromatic heterocycles. The first-order valence-electron chi connectivity index (χ1n) is 10.8. The Hall–Kier alpha value is -3.30. The van der Waals surface area contributed by atoms with E-state index in [-0.39, 0.29) is 29.3 Å². The number of pyridine rings is 1. The van der Waals surface area contributed by atoms with E-state index in [1.165, 1.54) is 10.8 Å². The second kappa shape index (κ2) is 7.36. The van der Waals surface area contributed by atoms with Gasteiger partial charge in [-0.05, 0) is 30.2 Å². The summed E-state index contributed by atoms with van der Waals surface area (Å²) in [7, 11) is 0. The van der Waals surface area contributed by atoms with Crippen molar-refractivity contribution < 1.29 is 27.9 Å². The van der Waals surface area contributed by atoms with Gasteiger partial charge in [0.2, 0.25) is 5.43 Å². The Morgan fingerprint density at radius 1 is 1.09 bits per heavy atom. The number of carbonyl (C=O) groups excluding carboxylic acids is 2. The molecule has 33 heavy (non-hydrogen) atoms. The predicted octanol–water partition coefficient (Wildman–Crippen LogP) is 2.40. The Bertz CT molecular complexity index is 1260. The summed E-state index contributed by atoms with van der Waals surface area (Å²) < 4.78 is 41.8. The average molecular weight is 461 g/mol. The highest BCUT2D eigenvalue weighted by Crippen LogP contribution is 2.51. The number of carbonyl (C=O) groups is 2. The molecule has 2 N–H and O–H groups in total. The van der Waals surface area contributed by atoms with Crippen LogP contribution < -0.4 is 10.7 Å². The first kappa shape index (κ1) is 21.5. The van der Waals surface area contributed by atoms with Crippen molar-refractivity contribution in [2.75, 3.05) is 0 Å². The number of fused-ring (bicyclic) bond motifs is 6. The third-order valence-corrected chi connectivity index (χ3v) is 7.68. The second-order valence-corrected chi connectivity index (χ2v) is 9.23. The molecule has 0 spiro atoms. The number of hydrogen-bond donors (Lipinski definition) is 2. The Balaban J connectivity index is 1.44. The number of piperidine rings is 1. The normalized spacial score (nSPS) is 27.5. The maximum absolute atomic E-state index is 13.8. The number of benzene rings is 1. The molecule has 2 aliphatic heterocycles. The lowest BCUT2D eigenvalue weighted by atomic mass is 9.82. The van der Waals surface area contributed by atoms with Crippen molar-refractivity contribution >= 4 is 11.8 Å². The van der Waals surface area contributed by atoms with Crippen LogP contribution in [0.4, 0.5) is 13.2 Å². The van der Waals surface area contributed by atoms with Gasteiger partial charge >= 0.3 is 0 Å². The highest BCUT2D eigenvalue weighted by atomic mass is 19.2. The molecule has 5 rings (SSSR count). The summed E-state index contributed by atoms with van der Waals surface area (Å²) >= 11 is 0. The molecule has 7 nitrogen and oxygen atoms in total. The zero-order valence-corrected chi connectivity index (χ0v) is 17.9. The molecule has 2 amide bonds. The number of amides is 2. The van der Waals surface area contributed by atoms with Gasteiger partial charge in [0.05, 0.1) is 6.04 Å². The van der Waals surface area contributed by atoms with E-state index in [2.05, 4.69) is 19.2 Å². The number of nitrogens with one attached hydrogen (secondary N) is 1. The third kappa shape index (κ3) is 3.07. The van der Waals surface area contributed by atoms with E-state index in [4.69, 9.17) is 0 Å². The maximum Gasteiger partial charge on any atom is 0.275 e. The van der Waals surface area contributed by atoms with Crippen LogP contribution in [0.5, 0.6) is 5.75 Å². The van der Waals surface area contributed by atoms with Crippen LogP contribution in [-0.2, 0) is 13.1 Å². The summed E-state index contributed by atoms with van der Waals surface area (Å²) in [4.78, 5) is 40.3. The monoisotopic (exact) mass is 461 g/mol. The summed E-state index contributed by atoms with van der Waals surface area (Å²) in [5, 5.41) is 12.8. The summed E-state index contributed by atoms with van der Waals surface area (Å²) in [6.45, 7) is 4.10. The Morgan fingerprint density at radius 2 is 1.79 bits per heavy atom. The Morgan fingerprint density at radius 3 is 2.52 bits per heavy atom. The highest BCUT2D eigenvalue weighted by molar-refractivity contribution is 5.99. The zero-order chi connectivity index (χ0) is 23.8. The Labute approximate surface area is 186 Å². The second-order valence-electron chi connectivity index (χ2n) is 9.23. The van der Waals surface area contributed by atoms with Gasteiger partial charge in [-0.25, -0.2) is 13.2 Å². The van der Waals surface area contributed by atoms with E-state index in [0.717, 1.165) is 6.42 Å². The van der Waals surface area contributed by atoms with Gasteiger partial charge < -0.3 is 19.9 Å².